The van der Waals surface area contributed by atoms with Gasteiger partial charge in [-0.2, -0.15) is 0 Å². The lowest BCUT2D eigenvalue weighted by atomic mass is 9.94. The minimum absolute atomic E-state index is 0.0321. The maximum absolute atomic E-state index is 5.65. The fraction of sp³-hybridized carbons (Fsp3) is 0.625. The van der Waals surface area contributed by atoms with Gasteiger partial charge in [-0.25, -0.2) is 0 Å². The number of ether oxygens (including phenoxy) is 1. The summed E-state index contributed by atoms with van der Waals surface area (Å²) < 4.78 is 5.65. The van der Waals surface area contributed by atoms with Gasteiger partial charge in [0, 0.05) is 26.7 Å². The summed E-state index contributed by atoms with van der Waals surface area (Å²) in [6, 6.07) is 8.91. The molecule has 0 saturated carbocycles. The number of hydrogen-bond donors (Lipinski definition) is 1. The quantitative estimate of drug-likeness (QED) is 0.882. The Hall–Kier alpha value is -0.900. The molecule has 1 N–H and O–H groups in total. The van der Waals surface area contributed by atoms with Crippen molar-refractivity contribution in [1.82, 2.24) is 10.2 Å². The zero-order valence-electron chi connectivity index (χ0n) is 12.4. The van der Waals surface area contributed by atoms with Crippen LogP contribution in [0, 0.1) is 0 Å². The van der Waals surface area contributed by atoms with Gasteiger partial charge in [0.05, 0.1) is 5.60 Å². The molecule has 1 saturated heterocycles. The van der Waals surface area contributed by atoms with E-state index in [-0.39, 0.29) is 5.60 Å². The zero-order valence-corrected chi connectivity index (χ0v) is 12.4. The van der Waals surface area contributed by atoms with E-state index in [1.807, 2.05) is 14.2 Å². The minimum atomic E-state index is 0.0321. The third-order valence-corrected chi connectivity index (χ3v) is 4.04. The molecule has 1 fully saturated rings. The van der Waals surface area contributed by atoms with Crippen LogP contribution in [0.3, 0.4) is 0 Å². The predicted molar refractivity (Wildman–Crippen MR) is 79.1 cm³/mol. The van der Waals surface area contributed by atoms with Crippen LogP contribution in [0.2, 0.25) is 0 Å². The molecule has 0 amide bonds. The molecule has 0 spiro atoms. The Labute approximate surface area is 116 Å². The van der Waals surface area contributed by atoms with Crippen LogP contribution in [-0.4, -0.2) is 37.7 Å². The van der Waals surface area contributed by atoms with Crippen LogP contribution in [0.15, 0.2) is 24.3 Å². The number of rotatable bonds is 5. The highest BCUT2D eigenvalue weighted by atomic mass is 16.5. The standard InChI is InChI=1S/C16H26N2O/c1-16(19-3)9-4-10-18(13-16)12-15-7-5-14(6-8-15)11-17-2/h5-8,17H,4,9-13H2,1-3H3. The molecule has 0 radical (unpaired) electrons. The minimum Gasteiger partial charge on any atom is -0.377 e. The van der Waals surface area contributed by atoms with Crippen molar-refractivity contribution in [2.24, 2.45) is 0 Å². The van der Waals surface area contributed by atoms with Crippen LogP contribution in [-0.2, 0) is 17.8 Å². The summed E-state index contributed by atoms with van der Waals surface area (Å²) in [6.07, 6.45) is 2.39. The van der Waals surface area contributed by atoms with Crippen LogP contribution in [0.4, 0.5) is 0 Å². The molecule has 2 rings (SSSR count). The van der Waals surface area contributed by atoms with Gasteiger partial charge in [-0.3, -0.25) is 4.90 Å². The van der Waals surface area contributed by atoms with Crippen molar-refractivity contribution in [3.05, 3.63) is 35.4 Å². The van der Waals surface area contributed by atoms with E-state index in [1.54, 1.807) is 0 Å². The summed E-state index contributed by atoms with van der Waals surface area (Å²) in [5.74, 6) is 0. The Morgan fingerprint density at radius 1 is 1.26 bits per heavy atom. The highest BCUT2D eigenvalue weighted by Crippen LogP contribution is 2.25. The van der Waals surface area contributed by atoms with E-state index in [1.165, 1.54) is 30.5 Å². The lowest BCUT2D eigenvalue weighted by Gasteiger charge is -2.39. The Morgan fingerprint density at radius 3 is 2.58 bits per heavy atom. The number of methoxy groups -OCH3 is 1. The molecule has 1 aromatic carbocycles. The maximum Gasteiger partial charge on any atom is 0.0777 e. The van der Waals surface area contributed by atoms with E-state index < -0.39 is 0 Å². The third kappa shape index (κ3) is 4.03. The molecule has 1 aliphatic heterocycles. The molecule has 0 aliphatic carbocycles. The second kappa shape index (κ2) is 6.51. The van der Waals surface area contributed by atoms with E-state index in [9.17, 15) is 0 Å². The van der Waals surface area contributed by atoms with Gasteiger partial charge in [-0.05, 0) is 44.5 Å². The Balaban J connectivity index is 1.93. The number of piperidine rings is 1. The smallest absolute Gasteiger partial charge is 0.0777 e. The number of benzene rings is 1. The van der Waals surface area contributed by atoms with Gasteiger partial charge >= 0.3 is 0 Å². The van der Waals surface area contributed by atoms with Gasteiger partial charge in [-0.15, -0.1) is 0 Å². The normalized spacial score (nSPS) is 24.6. The summed E-state index contributed by atoms with van der Waals surface area (Å²) in [4.78, 5) is 2.50. The van der Waals surface area contributed by atoms with Gasteiger partial charge in [-0.1, -0.05) is 24.3 Å². The molecule has 1 unspecified atom stereocenters. The Morgan fingerprint density at radius 2 is 1.95 bits per heavy atom. The molecule has 1 aliphatic rings. The van der Waals surface area contributed by atoms with E-state index in [0.29, 0.717) is 0 Å². The Kier molecular flexibility index (Phi) is 4.97. The fourth-order valence-electron chi connectivity index (χ4n) is 2.83. The summed E-state index contributed by atoms with van der Waals surface area (Å²) >= 11 is 0. The largest absolute Gasteiger partial charge is 0.377 e. The van der Waals surface area contributed by atoms with Crippen molar-refractivity contribution < 1.29 is 4.74 Å². The van der Waals surface area contributed by atoms with Gasteiger partial charge in [0.15, 0.2) is 0 Å². The molecular formula is C16H26N2O. The van der Waals surface area contributed by atoms with Crippen molar-refractivity contribution in [2.45, 2.75) is 38.5 Å². The summed E-state index contributed by atoms with van der Waals surface area (Å²) in [5.41, 5.74) is 2.76. The van der Waals surface area contributed by atoms with Crippen molar-refractivity contribution in [3.8, 4) is 0 Å². The van der Waals surface area contributed by atoms with Crippen molar-refractivity contribution >= 4 is 0 Å². The molecule has 0 aromatic heterocycles. The molecule has 19 heavy (non-hydrogen) atoms. The highest BCUT2D eigenvalue weighted by molar-refractivity contribution is 5.22. The summed E-state index contributed by atoms with van der Waals surface area (Å²) in [5, 5.41) is 3.18. The monoisotopic (exact) mass is 262 g/mol. The first-order valence-corrected chi connectivity index (χ1v) is 7.15. The van der Waals surface area contributed by atoms with E-state index in [2.05, 4.69) is 41.4 Å². The summed E-state index contributed by atoms with van der Waals surface area (Å²) in [6.45, 7) is 6.39. The maximum atomic E-state index is 5.65. The van der Waals surface area contributed by atoms with Gasteiger partial charge in [0.2, 0.25) is 0 Å². The number of nitrogens with one attached hydrogen (secondary N) is 1. The van der Waals surface area contributed by atoms with Gasteiger partial charge in [0.25, 0.3) is 0 Å². The van der Waals surface area contributed by atoms with E-state index in [0.717, 1.165) is 19.6 Å². The van der Waals surface area contributed by atoms with Crippen LogP contribution in [0.5, 0.6) is 0 Å². The van der Waals surface area contributed by atoms with Crippen LogP contribution in [0.1, 0.15) is 30.9 Å². The molecule has 0 bridgehead atoms. The molecule has 1 heterocycles. The number of hydrogen-bond acceptors (Lipinski definition) is 3. The molecule has 3 nitrogen and oxygen atoms in total. The summed E-state index contributed by atoms with van der Waals surface area (Å²) in [7, 11) is 3.81. The number of likely N-dealkylation sites (tertiary alicyclic amines) is 1. The molecular weight excluding hydrogens is 236 g/mol. The molecule has 3 heteroatoms. The molecule has 1 aromatic rings. The highest BCUT2D eigenvalue weighted by Gasteiger charge is 2.30. The topological polar surface area (TPSA) is 24.5 Å². The van der Waals surface area contributed by atoms with Crippen LogP contribution < -0.4 is 5.32 Å². The average Bonchev–Trinajstić information content (AvgIpc) is 2.42. The van der Waals surface area contributed by atoms with Gasteiger partial charge < -0.3 is 10.1 Å². The van der Waals surface area contributed by atoms with Crippen LogP contribution >= 0.6 is 0 Å². The van der Waals surface area contributed by atoms with Crippen molar-refractivity contribution in [1.29, 1.82) is 0 Å². The fourth-order valence-corrected chi connectivity index (χ4v) is 2.83. The van der Waals surface area contributed by atoms with Crippen molar-refractivity contribution in [2.75, 3.05) is 27.2 Å². The second-order valence-corrected chi connectivity index (χ2v) is 5.82. The van der Waals surface area contributed by atoms with Gasteiger partial charge in [0.1, 0.15) is 0 Å². The SMILES string of the molecule is CNCc1ccc(CN2CCCC(C)(OC)C2)cc1. The molecule has 106 valence electrons. The van der Waals surface area contributed by atoms with E-state index >= 15 is 0 Å². The first-order chi connectivity index (χ1) is 9.15. The zero-order chi connectivity index (χ0) is 13.7. The first-order valence-electron chi connectivity index (χ1n) is 7.15. The first kappa shape index (κ1) is 14.5. The Bertz CT molecular complexity index is 390. The lowest BCUT2D eigenvalue weighted by Crippen LogP contribution is -2.46. The molecule has 1 atom stereocenters. The number of nitrogens with zero attached hydrogens (tertiary/aromatic N) is 1. The third-order valence-electron chi connectivity index (χ3n) is 4.04. The average molecular weight is 262 g/mol. The van der Waals surface area contributed by atoms with Crippen LogP contribution in [0.25, 0.3) is 0 Å². The lowest BCUT2D eigenvalue weighted by molar-refractivity contribution is -0.0527. The second-order valence-electron chi connectivity index (χ2n) is 5.82. The van der Waals surface area contributed by atoms with Crippen molar-refractivity contribution in [3.63, 3.8) is 0 Å². The predicted octanol–water partition coefficient (Wildman–Crippen LogP) is 2.41. The van der Waals surface area contributed by atoms with E-state index in [4.69, 9.17) is 4.74 Å².